The van der Waals surface area contributed by atoms with Crippen LogP contribution in [0, 0.1) is 6.92 Å². The van der Waals surface area contributed by atoms with Crippen molar-refractivity contribution in [3.63, 3.8) is 0 Å². The minimum Gasteiger partial charge on any atom is -0.394 e. The quantitative estimate of drug-likeness (QED) is 0.894. The first-order valence-corrected chi connectivity index (χ1v) is 6.42. The molecule has 5 heteroatoms. The Morgan fingerprint density at radius 1 is 1.39 bits per heavy atom. The lowest BCUT2D eigenvalue weighted by Gasteiger charge is -2.34. The summed E-state index contributed by atoms with van der Waals surface area (Å²) in [5, 5.41) is 13.7. The van der Waals surface area contributed by atoms with Crippen molar-refractivity contribution in [3.8, 4) is 0 Å². The molecule has 1 aliphatic heterocycles. The number of hydrogen-bond donors (Lipinski definition) is 2. The number of nitrogens with zero attached hydrogens (tertiary/aromatic N) is 1. The molecular weight excluding hydrogens is 271 g/mol. The van der Waals surface area contributed by atoms with Crippen molar-refractivity contribution in [2.24, 2.45) is 0 Å². The molecule has 2 N–H and O–H groups in total. The van der Waals surface area contributed by atoms with Crippen LogP contribution in [0.5, 0.6) is 0 Å². The number of aliphatic hydroxyl groups is 1. The molecule has 1 atom stereocenters. The van der Waals surface area contributed by atoms with Crippen LogP contribution in [0.3, 0.4) is 0 Å². The maximum absolute atomic E-state index is 9.63. The average Bonchev–Trinajstić information content (AvgIpc) is 2.34. The molecule has 1 aliphatic rings. The van der Waals surface area contributed by atoms with E-state index in [9.17, 15) is 5.11 Å². The molecule has 0 amide bonds. The molecule has 1 fully saturated rings. The predicted octanol–water partition coefficient (Wildman–Crippen LogP) is 2.01. The van der Waals surface area contributed by atoms with Crippen LogP contribution in [0.25, 0.3) is 0 Å². The van der Waals surface area contributed by atoms with Gasteiger partial charge in [0.1, 0.15) is 0 Å². The normalized spacial score (nSPS) is 18.2. The molecule has 0 saturated carbocycles. The monoisotopic (exact) mass is 290 g/mol. The van der Waals surface area contributed by atoms with Crippen molar-refractivity contribution in [3.05, 3.63) is 34.3 Å². The largest absolute Gasteiger partial charge is 0.394 e. The van der Waals surface area contributed by atoms with Gasteiger partial charge in [0.25, 0.3) is 0 Å². The number of aliphatic hydroxyl groups excluding tert-OH is 1. The molecule has 1 aromatic rings. The van der Waals surface area contributed by atoms with Gasteiger partial charge in [0, 0.05) is 31.2 Å². The molecule has 0 aliphatic carbocycles. The maximum atomic E-state index is 9.63. The molecular formula is C13H20Cl2N2O. The standard InChI is InChI=1S/C13H19ClN2O.ClH/c1-10-8-11(14)2-3-12(10)13(9-17)16-6-4-15-5-7-16;/h2-3,8,13,15,17H,4-7,9H2,1H3;1H/t13-;/m0./s1. The van der Waals surface area contributed by atoms with Crippen molar-refractivity contribution < 1.29 is 5.11 Å². The van der Waals surface area contributed by atoms with E-state index in [1.807, 2.05) is 25.1 Å². The van der Waals surface area contributed by atoms with Crippen LogP contribution in [-0.4, -0.2) is 42.8 Å². The van der Waals surface area contributed by atoms with Crippen molar-refractivity contribution >= 4 is 24.0 Å². The third-order valence-corrected chi connectivity index (χ3v) is 3.59. The van der Waals surface area contributed by atoms with Crippen LogP contribution < -0.4 is 5.32 Å². The van der Waals surface area contributed by atoms with Crippen LogP contribution in [0.1, 0.15) is 17.2 Å². The smallest absolute Gasteiger partial charge is 0.0628 e. The second-order valence-corrected chi connectivity index (χ2v) is 4.92. The Labute approximate surface area is 120 Å². The Balaban J connectivity index is 0.00000162. The van der Waals surface area contributed by atoms with E-state index >= 15 is 0 Å². The lowest BCUT2D eigenvalue weighted by Crippen LogP contribution is -2.46. The molecule has 1 saturated heterocycles. The Morgan fingerprint density at radius 2 is 2.06 bits per heavy atom. The first-order chi connectivity index (χ1) is 8.22. The van der Waals surface area contributed by atoms with Crippen LogP contribution in [0.4, 0.5) is 0 Å². The summed E-state index contributed by atoms with van der Waals surface area (Å²) in [6.45, 7) is 6.14. The topological polar surface area (TPSA) is 35.5 Å². The van der Waals surface area contributed by atoms with E-state index in [4.69, 9.17) is 11.6 Å². The second kappa shape index (κ2) is 7.31. The number of nitrogens with one attached hydrogen (secondary N) is 1. The van der Waals surface area contributed by atoms with Gasteiger partial charge in [-0.25, -0.2) is 0 Å². The first-order valence-electron chi connectivity index (χ1n) is 6.04. The molecule has 1 heterocycles. The third kappa shape index (κ3) is 3.59. The van der Waals surface area contributed by atoms with Crippen molar-refractivity contribution in [1.82, 2.24) is 10.2 Å². The highest BCUT2D eigenvalue weighted by molar-refractivity contribution is 6.30. The number of rotatable bonds is 3. The predicted molar refractivity (Wildman–Crippen MR) is 77.7 cm³/mol. The molecule has 102 valence electrons. The fraction of sp³-hybridized carbons (Fsp3) is 0.538. The van der Waals surface area contributed by atoms with Crippen LogP contribution in [0.2, 0.25) is 5.02 Å². The average molecular weight is 291 g/mol. The van der Waals surface area contributed by atoms with Gasteiger partial charge in [0.05, 0.1) is 12.6 Å². The van der Waals surface area contributed by atoms with Crippen molar-refractivity contribution in [1.29, 1.82) is 0 Å². The summed E-state index contributed by atoms with van der Waals surface area (Å²) in [7, 11) is 0. The molecule has 1 aromatic carbocycles. The first kappa shape index (κ1) is 15.7. The zero-order chi connectivity index (χ0) is 12.3. The van der Waals surface area contributed by atoms with E-state index in [0.717, 1.165) is 36.8 Å². The highest BCUT2D eigenvalue weighted by Crippen LogP contribution is 2.26. The van der Waals surface area contributed by atoms with Crippen molar-refractivity contribution in [2.75, 3.05) is 32.8 Å². The molecule has 0 unspecified atom stereocenters. The van der Waals surface area contributed by atoms with Gasteiger partial charge in [-0.05, 0) is 30.2 Å². The molecule has 2 rings (SSSR count). The summed E-state index contributed by atoms with van der Waals surface area (Å²) < 4.78 is 0. The number of aryl methyl sites for hydroxylation is 1. The molecule has 3 nitrogen and oxygen atoms in total. The highest BCUT2D eigenvalue weighted by atomic mass is 35.5. The summed E-state index contributed by atoms with van der Waals surface area (Å²) in [6, 6.07) is 5.98. The van der Waals surface area contributed by atoms with E-state index in [1.54, 1.807) is 0 Å². The summed E-state index contributed by atoms with van der Waals surface area (Å²) in [4.78, 5) is 2.33. The lowest BCUT2D eigenvalue weighted by molar-refractivity contribution is 0.110. The van der Waals surface area contributed by atoms with Gasteiger partial charge in [-0.1, -0.05) is 17.7 Å². The van der Waals surface area contributed by atoms with Crippen LogP contribution >= 0.6 is 24.0 Å². The molecule has 0 bridgehead atoms. The van der Waals surface area contributed by atoms with E-state index in [0.29, 0.717) is 0 Å². The SMILES string of the molecule is Cc1cc(Cl)ccc1[C@H](CO)N1CCNCC1.Cl. The minimum absolute atomic E-state index is 0. The van der Waals surface area contributed by atoms with Gasteiger partial charge in [-0.2, -0.15) is 0 Å². The summed E-state index contributed by atoms with van der Waals surface area (Å²) in [6.07, 6.45) is 0. The minimum atomic E-state index is 0. The third-order valence-electron chi connectivity index (χ3n) is 3.36. The molecule has 0 radical (unpaired) electrons. The molecule has 0 spiro atoms. The van der Waals surface area contributed by atoms with Crippen LogP contribution in [0.15, 0.2) is 18.2 Å². The Bertz CT molecular complexity index is 381. The van der Waals surface area contributed by atoms with Crippen LogP contribution in [-0.2, 0) is 0 Å². The van der Waals surface area contributed by atoms with Gasteiger partial charge in [-0.15, -0.1) is 12.4 Å². The Hall–Kier alpha value is -0.320. The van der Waals surface area contributed by atoms with E-state index in [1.165, 1.54) is 5.56 Å². The molecule has 0 aromatic heterocycles. The maximum Gasteiger partial charge on any atom is 0.0628 e. The Kier molecular flexibility index (Phi) is 6.39. The number of hydrogen-bond acceptors (Lipinski definition) is 3. The zero-order valence-electron chi connectivity index (χ0n) is 10.5. The van der Waals surface area contributed by atoms with Gasteiger partial charge in [0.15, 0.2) is 0 Å². The number of benzene rings is 1. The van der Waals surface area contributed by atoms with E-state index < -0.39 is 0 Å². The van der Waals surface area contributed by atoms with E-state index in [2.05, 4.69) is 10.2 Å². The summed E-state index contributed by atoms with van der Waals surface area (Å²) >= 11 is 5.96. The number of piperazine rings is 1. The fourth-order valence-corrected chi connectivity index (χ4v) is 2.64. The van der Waals surface area contributed by atoms with Gasteiger partial charge >= 0.3 is 0 Å². The summed E-state index contributed by atoms with van der Waals surface area (Å²) in [5.41, 5.74) is 2.33. The zero-order valence-corrected chi connectivity index (χ0v) is 12.1. The van der Waals surface area contributed by atoms with E-state index in [-0.39, 0.29) is 25.1 Å². The van der Waals surface area contributed by atoms with Gasteiger partial charge in [-0.3, -0.25) is 4.90 Å². The summed E-state index contributed by atoms with van der Waals surface area (Å²) in [5.74, 6) is 0. The fourth-order valence-electron chi connectivity index (χ4n) is 2.42. The number of halogens is 2. The highest BCUT2D eigenvalue weighted by Gasteiger charge is 2.22. The van der Waals surface area contributed by atoms with Gasteiger partial charge in [0.2, 0.25) is 0 Å². The molecule has 18 heavy (non-hydrogen) atoms. The Morgan fingerprint density at radius 3 is 2.61 bits per heavy atom. The van der Waals surface area contributed by atoms with Crippen molar-refractivity contribution in [2.45, 2.75) is 13.0 Å². The lowest BCUT2D eigenvalue weighted by atomic mass is 10.00. The second-order valence-electron chi connectivity index (χ2n) is 4.49. The van der Waals surface area contributed by atoms with Gasteiger partial charge < -0.3 is 10.4 Å².